The first kappa shape index (κ1) is 26.0. The summed E-state index contributed by atoms with van der Waals surface area (Å²) in [5, 5.41) is 43.4. The van der Waals surface area contributed by atoms with Crippen LogP contribution >= 0.6 is 0 Å². The van der Waals surface area contributed by atoms with Crippen molar-refractivity contribution in [3.8, 4) is 0 Å². The zero-order chi connectivity index (χ0) is 22.8. The largest absolute Gasteiger partial charge is 0.462 e. The van der Waals surface area contributed by atoms with Gasteiger partial charge in [-0.3, -0.25) is 9.59 Å². The molecule has 0 aromatic heterocycles. The normalized spacial score (nSPS) is 48.7. The van der Waals surface area contributed by atoms with E-state index in [1.807, 2.05) is 6.92 Å². The molecule has 170 valence electrons. The summed E-state index contributed by atoms with van der Waals surface area (Å²) in [5.41, 5.74) is -1.69. The summed E-state index contributed by atoms with van der Waals surface area (Å²) >= 11 is 0. The van der Waals surface area contributed by atoms with Gasteiger partial charge in [0.2, 0.25) is 0 Å². The molecule has 29 heavy (non-hydrogen) atoms. The van der Waals surface area contributed by atoms with E-state index in [1.165, 1.54) is 13.8 Å². The second-order valence-corrected chi connectivity index (χ2v) is 9.31. The Kier molecular flexibility index (Phi) is 8.84. The van der Waals surface area contributed by atoms with Crippen molar-refractivity contribution >= 4 is 11.8 Å². The Balaban J connectivity index is 3.42. The molecule has 1 aliphatic rings. The van der Waals surface area contributed by atoms with Gasteiger partial charge in [0.25, 0.3) is 0 Å². The molecule has 0 saturated carbocycles. The molecular weight excluding hydrogens is 376 g/mol. The highest BCUT2D eigenvalue weighted by molar-refractivity contribution is 5.84. The van der Waals surface area contributed by atoms with E-state index in [9.17, 15) is 30.0 Å². The fourth-order valence-electron chi connectivity index (χ4n) is 4.43. The molecule has 1 rings (SSSR count). The van der Waals surface area contributed by atoms with Crippen molar-refractivity contribution in [1.82, 2.24) is 0 Å². The van der Waals surface area contributed by atoms with Crippen LogP contribution in [0, 0.1) is 35.5 Å². The standard InChI is InChI=1S/C22H40O7/c1-9-16-11(3)18(24)12(4)19(25)13(5)20(26)22(8,28)15(7)10(2)17(23)14(6)21(27)29-16/h10-18,20,23-24,26,28H,9H2,1-8H3/t10-,11+,12-,13+,14-,15-,16-,17+,18+,20?,22+/m1/s1. The number of carbonyl (C=O) groups excluding carboxylic acids is 2. The van der Waals surface area contributed by atoms with Crippen LogP contribution in [0.15, 0.2) is 0 Å². The Morgan fingerprint density at radius 2 is 1.34 bits per heavy atom. The Labute approximate surface area is 174 Å². The second-order valence-electron chi connectivity index (χ2n) is 9.31. The average Bonchev–Trinajstić information content (AvgIpc) is 2.70. The van der Waals surface area contributed by atoms with Gasteiger partial charge in [0, 0.05) is 17.8 Å². The first-order valence-corrected chi connectivity index (χ1v) is 10.7. The Morgan fingerprint density at radius 3 is 1.83 bits per heavy atom. The van der Waals surface area contributed by atoms with Gasteiger partial charge in [-0.15, -0.1) is 0 Å². The van der Waals surface area contributed by atoms with Gasteiger partial charge >= 0.3 is 5.97 Å². The van der Waals surface area contributed by atoms with Crippen LogP contribution < -0.4 is 0 Å². The Hall–Kier alpha value is -1.02. The molecule has 0 amide bonds. The second kappa shape index (κ2) is 9.86. The highest BCUT2D eigenvalue weighted by Crippen LogP contribution is 2.36. The topological polar surface area (TPSA) is 124 Å². The van der Waals surface area contributed by atoms with Crippen LogP contribution in [0.25, 0.3) is 0 Å². The average molecular weight is 417 g/mol. The summed E-state index contributed by atoms with van der Waals surface area (Å²) in [5.74, 6) is -5.23. The van der Waals surface area contributed by atoms with E-state index in [1.54, 1.807) is 34.6 Å². The van der Waals surface area contributed by atoms with Crippen LogP contribution in [0.4, 0.5) is 0 Å². The summed E-state index contributed by atoms with van der Waals surface area (Å²) in [7, 11) is 0. The maximum absolute atomic E-state index is 12.9. The Bertz CT molecular complexity index is 576. The predicted octanol–water partition coefficient (Wildman–Crippen LogP) is 1.54. The van der Waals surface area contributed by atoms with Crippen LogP contribution in [-0.4, -0.2) is 62.2 Å². The number of cyclic esters (lactones) is 1. The number of carbonyl (C=O) groups is 2. The van der Waals surface area contributed by atoms with E-state index in [0.717, 1.165) is 0 Å². The number of rotatable bonds is 1. The molecule has 1 saturated heterocycles. The van der Waals surface area contributed by atoms with Gasteiger partial charge in [-0.2, -0.15) is 0 Å². The van der Waals surface area contributed by atoms with Crippen LogP contribution in [0.1, 0.15) is 61.8 Å². The van der Waals surface area contributed by atoms with E-state index < -0.39 is 71.5 Å². The summed E-state index contributed by atoms with van der Waals surface area (Å²) in [6, 6.07) is 0. The van der Waals surface area contributed by atoms with Crippen LogP contribution in [-0.2, 0) is 14.3 Å². The van der Waals surface area contributed by atoms with E-state index in [-0.39, 0.29) is 5.78 Å². The SMILES string of the molecule is CC[C@H]1OC(=O)[C@H](C)[C@@H](O)[C@H](C)[C@@H](C)[C@](C)(O)C(O)[C@@H](C)C(=O)[C@H](C)[C@@H](O)[C@H]1C. The number of aliphatic hydroxyl groups is 4. The molecule has 0 aromatic rings. The maximum Gasteiger partial charge on any atom is 0.311 e. The van der Waals surface area contributed by atoms with E-state index in [0.29, 0.717) is 6.42 Å². The Morgan fingerprint density at radius 1 is 0.862 bits per heavy atom. The molecule has 0 aliphatic carbocycles. The van der Waals surface area contributed by atoms with Crippen molar-refractivity contribution in [2.45, 2.75) is 91.8 Å². The van der Waals surface area contributed by atoms with Gasteiger partial charge in [-0.1, -0.05) is 41.5 Å². The molecule has 1 unspecified atom stereocenters. The third-order valence-corrected chi connectivity index (χ3v) is 7.41. The zero-order valence-corrected chi connectivity index (χ0v) is 19.0. The van der Waals surface area contributed by atoms with Crippen LogP contribution in [0.5, 0.6) is 0 Å². The number of ether oxygens (including phenoxy) is 1. The molecule has 7 heteroatoms. The summed E-state index contributed by atoms with van der Waals surface area (Å²) in [6.07, 6.45) is -3.74. The van der Waals surface area contributed by atoms with E-state index in [2.05, 4.69) is 0 Å². The van der Waals surface area contributed by atoms with Gasteiger partial charge in [-0.05, 0) is 32.1 Å². The highest BCUT2D eigenvalue weighted by atomic mass is 16.5. The van der Waals surface area contributed by atoms with Crippen molar-refractivity contribution in [2.24, 2.45) is 35.5 Å². The molecule has 4 N–H and O–H groups in total. The monoisotopic (exact) mass is 416 g/mol. The minimum atomic E-state index is -1.69. The lowest BCUT2D eigenvalue weighted by Crippen LogP contribution is -2.55. The number of hydrogen-bond acceptors (Lipinski definition) is 7. The smallest absolute Gasteiger partial charge is 0.311 e. The summed E-state index contributed by atoms with van der Waals surface area (Å²) in [4.78, 5) is 25.6. The molecule has 1 fully saturated rings. The lowest BCUT2D eigenvalue weighted by molar-refractivity contribution is -0.174. The first-order valence-electron chi connectivity index (χ1n) is 10.7. The molecule has 0 spiro atoms. The number of esters is 1. The van der Waals surface area contributed by atoms with Crippen LogP contribution in [0.2, 0.25) is 0 Å². The van der Waals surface area contributed by atoms with Crippen molar-refractivity contribution in [1.29, 1.82) is 0 Å². The van der Waals surface area contributed by atoms with Crippen molar-refractivity contribution in [2.75, 3.05) is 0 Å². The van der Waals surface area contributed by atoms with Crippen LogP contribution in [0.3, 0.4) is 0 Å². The molecule has 0 bridgehead atoms. The summed E-state index contributed by atoms with van der Waals surface area (Å²) < 4.78 is 5.59. The fraction of sp³-hybridized carbons (Fsp3) is 0.909. The molecule has 7 nitrogen and oxygen atoms in total. The molecular formula is C22H40O7. The molecule has 11 atom stereocenters. The summed E-state index contributed by atoms with van der Waals surface area (Å²) in [6.45, 7) is 13.0. The highest BCUT2D eigenvalue weighted by Gasteiger charge is 2.48. The van der Waals surface area contributed by atoms with Crippen molar-refractivity contribution in [3.63, 3.8) is 0 Å². The van der Waals surface area contributed by atoms with E-state index in [4.69, 9.17) is 4.74 Å². The van der Waals surface area contributed by atoms with Gasteiger partial charge in [0.15, 0.2) is 0 Å². The lowest BCUT2D eigenvalue weighted by atomic mass is 9.69. The van der Waals surface area contributed by atoms with E-state index >= 15 is 0 Å². The van der Waals surface area contributed by atoms with Gasteiger partial charge < -0.3 is 25.2 Å². The van der Waals surface area contributed by atoms with Gasteiger partial charge in [-0.25, -0.2) is 0 Å². The van der Waals surface area contributed by atoms with Crippen molar-refractivity contribution in [3.05, 3.63) is 0 Å². The fourth-order valence-corrected chi connectivity index (χ4v) is 4.43. The molecule has 0 aromatic carbocycles. The van der Waals surface area contributed by atoms with Crippen molar-refractivity contribution < 1.29 is 34.8 Å². The third-order valence-electron chi connectivity index (χ3n) is 7.41. The minimum absolute atomic E-state index is 0.371. The lowest BCUT2D eigenvalue weighted by Gasteiger charge is -2.43. The maximum atomic E-state index is 12.9. The third kappa shape index (κ3) is 5.19. The number of Topliss-reactive ketones (excluding diaryl/α,β-unsaturated/α-hetero) is 1. The molecule has 1 heterocycles. The van der Waals surface area contributed by atoms with Gasteiger partial charge in [0.05, 0.1) is 29.8 Å². The number of aliphatic hydroxyl groups excluding tert-OH is 3. The number of hydrogen-bond donors (Lipinski definition) is 4. The number of ketones is 1. The van der Waals surface area contributed by atoms with Gasteiger partial charge in [0.1, 0.15) is 11.9 Å². The zero-order valence-electron chi connectivity index (χ0n) is 19.0. The minimum Gasteiger partial charge on any atom is -0.462 e. The molecule has 0 radical (unpaired) electrons. The molecule has 1 aliphatic heterocycles. The first-order chi connectivity index (χ1) is 13.2. The predicted molar refractivity (Wildman–Crippen MR) is 109 cm³/mol. The quantitative estimate of drug-likeness (QED) is 0.478.